The fraction of sp³-hybridized carbons (Fsp3) is 0.765. The second-order valence-electron chi connectivity index (χ2n) is 7.26. The molecule has 0 aliphatic carbocycles. The van der Waals surface area contributed by atoms with Gasteiger partial charge in [0.05, 0.1) is 19.1 Å². The summed E-state index contributed by atoms with van der Waals surface area (Å²) in [4.78, 5) is 33.9. The molecule has 1 aromatic rings. The lowest BCUT2D eigenvalue weighted by atomic mass is 9.96. The van der Waals surface area contributed by atoms with Crippen LogP contribution < -0.4 is 0 Å². The monoisotopic (exact) mass is 363 g/mol. The van der Waals surface area contributed by atoms with Gasteiger partial charge in [0.15, 0.2) is 5.82 Å². The molecule has 0 unspecified atom stereocenters. The Morgan fingerprint density at radius 1 is 0.962 bits per heavy atom. The number of carbonyl (C=O) groups is 2. The highest BCUT2D eigenvalue weighted by molar-refractivity contribution is 5.75. The van der Waals surface area contributed by atoms with Crippen molar-refractivity contribution in [2.75, 3.05) is 52.5 Å². The van der Waals surface area contributed by atoms with Crippen LogP contribution in [0.5, 0.6) is 0 Å². The van der Waals surface area contributed by atoms with Crippen molar-refractivity contribution in [1.82, 2.24) is 24.8 Å². The number of piperidine rings is 1. The van der Waals surface area contributed by atoms with Gasteiger partial charge in [-0.2, -0.15) is 4.98 Å². The quantitative estimate of drug-likeness (QED) is 0.766. The Hall–Kier alpha value is -2.16. The second kappa shape index (κ2) is 7.22. The molecule has 4 heterocycles. The average Bonchev–Trinajstić information content (AvgIpc) is 3.11. The second-order valence-corrected chi connectivity index (χ2v) is 7.26. The third-order valence-electron chi connectivity index (χ3n) is 5.55. The van der Waals surface area contributed by atoms with Gasteiger partial charge in [0.2, 0.25) is 11.8 Å². The van der Waals surface area contributed by atoms with Crippen LogP contribution in [0.15, 0.2) is 4.52 Å². The van der Waals surface area contributed by atoms with Crippen molar-refractivity contribution in [3.63, 3.8) is 0 Å². The first-order valence-corrected chi connectivity index (χ1v) is 9.32. The number of nitrogens with zero attached hydrogens (tertiary/aromatic N) is 5. The molecule has 3 amide bonds. The number of carbonyl (C=O) groups excluding carboxylic acids is 2. The number of hydrogen-bond acceptors (Lipinski definition) is 6. The van der Waals surface area contributed by atoms with E-state index in [0.29, 0.717) is 45.3 Å². The topological polar surface area (TPSA) is 92.0 Å². The van der Waals surface area contributed by atoms with Gasteiger partial charge in [-0.25, -0.2) is 4.79 Å². The minimum atomic E-state index is 0.0703. The molecular weight excluding hydrogens is 338 g/mol. The van der Waals surface area contributed by atoms with Gasteiger partial charge < -0.3 is 24.0 Å². The zero-order chi connectivity index (χ0) is 18.1. The minimum absolute atomic E-state index is 0.0703. The molecule has 4 rings (SSSR count). The molecule has 3 fully saturated rings. The lowest BCUT2D eigenvalue weighted by Gasteiger charge is -2.41. The van der Waals surface area contributed by atoms with Crippen LogP contribution in [0.2, 0.25) is 0 Å². The summed E-state index contributed by atoms with van der Waals surface area (Å²) in [6.45, 7) is 6.88. The standard InChI is InChI=1S/C17H25N5O4/c1-12(23)20-4-2-13(3-5-20)15-18-16(26-19-15)14-10-22(11-14)17(24)21-6-8-25-9-7-21/h13-14H,2-11H2,1H3. The predicted molar refractivity (Wildman–Crippen MR) is 90.6 cm³/mol. The van der Waals surface area contributed by atoms with Crippen LogP contribution in [-0.4, -0.2) is 89.3 Å². The molecule has 9 nitrogen and oxygen atoms in total. The van der Waals surface area contributed by atoms with E-state index < -0.39 is 0 Å². The third kappa shape index (κ3) is 3.40. The van der Waals surface area contributed by atoms with Crippen LogP contribution >= 0.6 is 0 Å². The number of morpholine rings is 1. The van der Waals surface area contributed by atoms with Gasteiger partial charge in [0.1, 0.15) is 0 Å². The number of likely N-dealkylation sites (tertiary alicyclic amines) is 2. The molecule has 0 aromatic carbocycles. The Morgan fingerprint density at radius 2 is 1.65 bits per heavy atom. The van der Waals surface area contributed by atoms with E-state index in [1.807, 2.05) is 14.7 Å². The largest absolute Gasteiger partial charge is 0.378 e. The SMILES string of the molecule is CC(=O)N1CCC(c2noc(C3CN(C(=O)N4CCOCC4)C3)n2)CC1. The summed E-state index contributed by atoms with van der Waals surface area (Å²) in [5.74, 6) is 1.85. The number of ether oxygens (including phenoxy) is 1. The first-order valence-electron chi connectivity index (χ1n) is 9.32. The van der Waals surface area contributed by atoms with Crippen molar-refractivity contribution in [2.24, 2.45) is 0 Å². The fourth-order valence-corrected chi connectivity index (χ4v) is 3.78. The van der Waals surface area contributed by atoms with Gasteiger partial charge in [-0.3, -0.25) is 4.79 Å². The molecule has 0 N–H and O–H groups in total. The molecule has 3 aliphatic heterocycles. The van der Waals surface area contributed by atoms with E-state index in [1.54, 1.807) is 6.92 Å². The van der Waals surface area contributed by atoms with Crippen LogP contribution in [0, 0.1) is 0 Å². The molecule has 0 atom stereocenters. The van der Waals surface area contributed by atoms with Crippen molar-refractivity contribution in [2.45, 2.75) is 31.6 Å². The first-order chi connectivity index (χ1) is 12.6. The Bertz CT molecular complexity index is 658. The number of urea groups is 1. The van der Waals surface area contributed by atoms with Gasteiger partial charge in [-0.15, -0.1) is 0 Å². The zero-order valence-corrected chi connectivity index (χ0v) is 15.1. The van der Waals surface area contributed by atoms with E-state index in [2.05, 4.69) is 10.1 Å². The van der Waals surface area contributed by atoms with Crippen molar-refractivity contribution < 1.29 is 18.8 Å². The average molecular weight is 363 g/mol. The molecule has 26 heavy (non-hydrogen) atoms. The summed E-state index contributed by atoms with van der Waals surface area (Å²) < 4.78 is 10.7. The van der Waals surface area contributed by atoms with Crippen molar-refractivity contribution in [3.8, 4) is 0 Å². The maximum absolute atomic E-state index is 12.4. The maximum atomic E-state index is 12.4. The Balaban J connectivity index is 1.28. The van der Waals surface area contributed by atoms with Gasteiger partial charge in [-0.1, -0.05) is 5.16 Å². The lowest BCUT2D eigenvalue weighted by Crippen LogP contribution is -2.55. The van der Waals surface area contributed by atoms with Crippen LogP contribution in [-0.2, 0) is 9.53 Å². The highest BCUT2D eigenvalue weighted by atomic mass is 16.5. The summed E-state index contributed by atoms with van der Waals surface area (Å²) in [5, 5.41) is 4.15. The van der Waals surface area contributed by atoms with E-state index in [0.717, 1.165) is 31.8 Å². The van der Waals surface area contributed by atoms with E-state index in [-0.39, 0.29) is 23.8 Å². The van der Waals surface area contributed by atoms with Gasteiger partial charge in [0.25, 0.3) is 0 Å². The number of hydrogen-bond donors (Lipinski definition) is 0. The maximum Gasteiger partial charge on any atom is 0.320 e. The summed E-state index contributed by atoms with van der Waals surface area (Å²) >= 11 is 0. The van der Waals surface area contributed by atoms with E-state index in [4.69, 9.17) is 9.26 Å². The molecule has 142 valence electrons. The van der Waals surface area contributed by atoms with E-state index >= 15 is 0 Å². The molecule has 0 radical (unpaired) electrons. The molecule has 3 aliphatic rings. The summed E-state index contributed by atoms with van der Waals surface area (Å²) in [6, 6.07) is 0.0703. The van der Waals surface area contributed by atoms with Gasteiger partial charge in [0, 0.05) is 52.1 Å². The lowest BCUT2D eigenvalue weighted by molar-refractivity contribution is -0.129. The number of rotatable bonds is 2. The molecule has 0 bridgehead atoms. The molecule has 1 aromatic heterocycles. The van der Waals surface area contributed by atoms with Crippen LogP contribution in [0.1, 0.15) is 43.3 Å². The normalized spacial score (nSPS) is 22.4. The van der Waals surface area contributed by atoms with Gasteiger partial charge in [-0.05, 0) is 12.8 Å². The Morgan fingerprint density at radius 3 is 2.31 bits per heavy atom. The number of amides is 3. The first kappa shape index (κ1) is 17.3. The fourth-order valence-electron chi connectivity index (χ4n) is 3.78. The molecule has 3 saturated heterocycles. The molecule has 0 saturated carbocycles. The molecule has 0 spiro atoms. The zero-order valence-electron chi connectivity index (χ0n) is 15.1. The molecular formula is C17H25N5O4. The summed E-state index contributed by atoms with van der Waals surface area (Å²) in [6.07, 6.45) is 1.73. The minimum Gasteiger partial charge on any atom is -0.378 e. The van der Waals surface area contributed by atoms with Crippen molar-refractivity contribution >= 4 is 11.9 Å². The Labute approximate surface area is 152 Å². The van der Waals surface area contributed by atoms with Crippen LogP contribution in [0.25, 0.3) is 0 Å². The predicted octanol–water partition coefficient (Wildman–Crippen LogP) is 0.647. The Kier molecular flexibility index (Phi) is 4.80. The highest BCUT2D eigenvalue weighted by Gasteiger charge is 2.38. The van der Waals surface area contributed by atoms with E-state index in [1.165, 1.54) is 0 Å². The number of aromatic nitrogens is 2. The van der Waals surface area contributed by atoms with Gasteiger partial charge >= 0.3 is 6.03 Å². The summed E-state index contributed by atoms with van der Waals surface area (Å²) in [5.41, 5.74) is 0. The van der Waals surface area contributed by atoms with Crippen molar-refractivity contribution in [3.05, 3.63) is 11.7 Å². The van der Waals surface area contributed by atoms with Crippen molar-refractivity contribution in [1.29, 1.82) is 0 Å². The van der Waals surface area contributed by atoms with Crippen LogP contribution in [0.4, 0.5) is 4.79 Å². The summed E-state index contributed by atoms with van der Waals surface area (Å²) in [7, 11) is 0. The highest BCUT2D eigenvalue weighted by Crippen LogP contribution is 2.30. The third-order valence-corrected chi connectivity index (χ3v) is 5.55. The van der Waals surface area contributed by atoms with E-state index in [9.17, 15) is 9.59 Å². The molecule has 9 heteroatoms. The van der Waals surface area contributed by atoms with Crippen LogP contribution in [0.3, 0.4) is 0 Å². The smallest absolute Gasteiger partial charge is 0.320 e.